The van der Waals surface area contributed by atoms with E-state index >= 15 is 0 Å². The predicted molar refractivity (Wildman–Crippen MR) is 16.0 cm³/mol. The van der Waals surface area contributed by atoms with Crippen molar-refractivity contribution in [2.24, 2.45) is 0 Å². The molecule has 1 heterocycles. The van der Waals surface area contributed by atoms with Gasteiger partial charge in [0.15, 0.2) is 0 Å². The van der Waals surface area contributed by atoms with E-state index in [1.807, 2.05) is 0 Å². The molecule has 4 heteroatoms. The van der Waals surface area contributed by atoms with E-state index in [-0.39, 0.29) is 5.88 Å². The third-order valence-electron chi connectivity index (χ3n) is 0.350. The summed E-state index contributed by atoms with van der Waals surface area (Å²) in [4.78, 5) is 0. The summed E-state index contributed by atoms with van der Waals surface area (Å²) in [6.07, 6.45) is 1.11. The molecular formula is C2H2N2O2. The van der Waals surface area contributed by atoms with Crippen molar-refractivity contribution in [3.63, 3.8) is 0 Å². The third kappa shape index (κ3) is 0.314. The molecule has 0 unspecified atom stereocenters. The first-order valence-electron chi connectivity index (χ1n) is 1.36. The fraction of sp³-hybridized carbons (Fsp3) is 0. The van der Waals surface area contributed by atoms with Gasteiger partial charge in [-0.1, -0.05) is 5.16 Å². The Morgan fingerprint density at radius 1 is 1.83 bits per heavy atom. The molecule has 1 N–H and O–H groups in total. The van der Waals surface area contributed by atoms with Gasteiger partial charge in [-0.25, -0.2) is 4.63 Å². The average molecular weight is 86.0 g/mol. The molecule has 0 amide bonds. The van der Waals surface area contributed by atoms with Crippen molar-refractivity contribution in [3.05, 3.63) is 6.20 Å². The van der Waals surface area contributed by atoms with Crippen LogP contribution in [0.3, 0.4) is 0 Å². The van der Waals surface area contributed by atoms with Gasteiger partial charge in [-0.2, -0.15) is 0 Å². The van der Waals surface area contributed by atoms with Gasteiger partial charge in [-0.15, -0.1) is 0 Å². The molecule has 0 radical (unpaired) electrons. The molecule has 1 aromatic rings. The van der Waals surface area contributed by atoms with Crippen LogP contribution in [0.4, 0.5) is 0 Å². The van der Waals surface area contributed by atoms with Crippen molar-refractivity contribution in [3.8, 4) is 5.88 Å². The van der Waals surface area contributed by atoms with Crippen molar-refractivity contribution >= 4 is 0 Å². The smallest absolute Gasteiger partial charge is 0.273 e. The first-order chi connectivity index (χ1) is 2.89. The van der Waals surface area contributed by atoms with Gasteiger partial charge < -0.3 is 5.11 Å². The maximum absolute atomic E-state index is 8.20. The summed E-state index contributed by atoms with van der Waals surface area (Å²) in [5, 5.41) is 14.3. The SMILES string of the molecule is Oc1cnon1. The van der Waals surface area contributed by atoms with Gasteiger partial charge in [0.1, 0.15) is 6.20 Å². The molecule has 0 atom stereocenters. The Labute approximate surface area is 33.4 Å². The van der Waals surface area contributed by atoms with Crippen LogP contribution < -0.4 is 0 Å². The monoisotopic (exact) mass is 86.0 g/mol. The van der Waals surface area contributed by atoms with Gasteiger partial charge in [0.25, 0.3) is 5.88 Å². The summed E-state index contributed by atoms with van der Waals surface area (Å²) in [6.45, 7) is 0. The Bertz CT molecular complexity index is 113. The molecule has 0 aliphatic carbocycles. The van der Waals surface area contributed by atoms with Crippen LogP contribution in [-0.2, 0) is 0 Å². The highest BCUT2D eigenvalue weighted by molar-refractivity contribution is 4.91. The molecule has 0 saturated heterocycles. The van der Waals surface area contributed by atoms with E-state index in [4.69, 9.17) is 5.11 Å². The minimum atomic E-state index is -0.185. The van der Waals surface area contributed by atoms with Crippen LogP contribution in [0, 0.1) is 0 Å². The molecule has 0 aliphatic rings. The van der Waals surface area contributed by atoms with Gasteiger partial charge in [0.2, 0.25) is 0 Å². The minimum absolute atomic E-state index is 0.185. The quantitative estimate of drug-likeness (QED) is 0.474. The zero-order valence-electron chi connectivity index (χ0n) is 2.83. The van der Waals surface area contributed by atoms with E-state index in [1.54, 1.807) is 0 Å². The highest BCUT2D eigenvalue weighted by Gasteiger charge is 1.83. The Morgan fingerprint density at radius 3 is 2.83 bits per heavy atom. The third-order valence-corrected chi connectivity index (χ3v) is 0.350. The lowest BCUT2D eigenvalue weighted by atomic mass is 10.9. The highest BCUT2D eigenvalue weighted by Crippen LogP contribution is 1.93. The largest absolute Gasteiger partial charge is 0.490 e. The van der Waals surface area contributed by atoms with Crippen molar-refractivity contribution in [1.82, 2.24) is 10.3 Å². The first kappa shape index (κ1) is 3.14. The summed E-state index contributed by atoms with van der Waals surface area (Å²) >= 11 is 0. The van der Waals surface area contributed by atoms with Crippen LogP contribution in [0.1, 0.15) is 0 Å². The number of nitrogens with zero attached hydrogens (tertiary/aromatic N) is 2. The molecule has 6 heavy (non-hydrogen) atoms. The van der Waals surface area contributed by atoms with Crippen LogP contribution in [0.25, 0.3) is 0 Å². The summed E-state index contributed by atoms with van der Waals surface area (Å²) in [7, 11) is 0. The van der Waals surface area contributed by atoms with Gasteiger partial charge in [-0.3, -0.25) is 0 Å². The van der Waals surface area contributed by atoms with Crippen LogP contribution in [-0.4, -0.2) is 15.4 Å². The number of aromatic hydroxyl groups is 1. The lowest BCUT2D eigenvalue weighted by molar-refractivity contribution is 0.287. The zero-order valence-corrected chi connectivity index (χ0v) is 2.83. The molecule has 1 rings (SSSR count). The Hall–Kier alpha value is -1.06. The van der Waals surface area contributed by atoms with Gasteiger partial charge in [0, 0.05) is 0 Å². The second-order valence-electron chi connectivity index (χ2n) is 0.766. The normalized spacial score (nSPS) is 8.67. The molecule has 0 aromatic carbocycles. The van der Waals surface area contributed by atoms with Crippen molar-refractivity contribution in [2.45, 2.75) is 0 Å². The molecule has 32 valence electrons. The highest BCUT2D eigenvalue weighted by atomic mass is 16.6. The minimum Gasteiger partial charge on any atom is -0.490 e. The molecule has 0 spiro atoms. The molecular weight excluding hydrogens is 84.0 g/mol. The van der Waals surface area contributed by atoms with Crippen LogP contribution in [0.5, 0.6) is 5.88 Å². The van der Waals surface area contributed by atoms with Gasteiger partial charge in [0.05, 0.1) is 0 Å². The van der Waals surface area contributed by atoms with E-state index in [0.717, 1.165) is 6.20 Å². The van der Waals surface area contributed by atoms with E-state index in [9.17, 15) is 0 Å². The summed E-state index contributed by atoms with van der Waals surface area (Å²) in [6, 6.07) is 0. The molecule has 0 saturated carbocycles. The Balaban J connectivity index is 3.05. The van der Waals surface area contributed by atoms with Gasteiger partial charge in [-0.05, 0) is 5.16 Å². The van der Waals surface area contributed by atoms with E-state index in [0.29, 0.717) is 0 Å². The summed E-state index contributed by atoms with van der Waals surface area (Å²) < 4.78 is 3.96. The van der Waals surface area contributed by atoms with Crippen molar-refractivity contribution < 1.29 is 9.74 Å². The average Bonchev–Trinajstić information content (AvgIpc) is 1.86. The second kappa shape index (κ2) is 0.965. The van der Waals surface area contributed by atoms with E-state index < -0.39 is 0 Å². The van der Waals surface area contributed by atoms with Crippen LogP contribution in [0.2, 0.25) is 0 Å². The molecule has 0 aliphatic heterocycles. The lowest BCUT2D eigenvalue weighted by Gasteiger charge is -1.61. The van der Waals surface area contributed by atoms with Gasteiger partial charge >= 0.3 is 0 Å². The molecule has 1 aromatic heterocycles. The summed E-state index contributed by atoms with van der Waals surface area (Å²) in [5.41, 5.74) is 0. The first-order valence-corrected chi connectivity index (χ1v) is 1.36. The van der Waals surface area contributed by atoms with Crippen LogP contribution >= 0.6 is 0 Å². The van der Waals surface area contributed by atoms with Crippen LogP contribution in [0.15, 0.2) is 10.8 Å². The maximum atomic E-state index is 8.20. The topological polar surface area (TPSA) is 59.2 Å². The maximum Gasteiger partial charge on any atom is 0.273 e. The fourth-order valence-electron chi connectivity index (χ4n) is 0.160. The Morgan fingerprint density at radius 2 is 2.67 bits per heavy atom. The Kier molecular flexibility index (Phi) is 0.506. The molecule has 4 nitrogen and oxygen atoms in total. The number of hydrogen-bond acceptors (Lipinski definition) is 4. The van der Waals surface area contributed by atoms with Crippen molar-refractivity contribution in [1.29, 1.82) is 0 Å². The number of rotatable bonds is 0. The molecule has 0 fully saturated rings. The number of aromatic nitrogens is 2. The van der Waals surface area contributed by atoms with Crippen molar-refractivity contribution in [2.75, 3.05) is 0 Å². The van der Waals surface area contributed by atoms with E-state index in [1.165, 1.54) is 0 Å². The fourth-order valence-corrected chi connectivity index (χ4v) is 0.160. The molecule has 0 bridgehead atoms. The predicted octanol–water partition coefficient (Wildman–Crippen LogP) is -0.225. The lowest BCUT2D eigenvalue weighted by Crippen LogP contribution is -1.51. The standard InChI is InChI=1S/C2H2N2O2/c5-2-1-3-6-4-2/h1H,(H,4,5). The zero-order chi connectivity index (χ0) is 4.41. The second-order valence-corrected chi connectivity index (χ2v) is 0.766. The number of hydrogen-bond donors (Lipinski definition) is 1. The summed E-state index contributed by atoms with van der Waals surface area (Å²) in [5.74, 6) is -0.185. The van der Waals surface area contributed by atoms with E-state index in [2.05, 4.69) is 14.9 Å².